The Labute approximate surface area is 156 Å². The van der Waals surface area contributed by atoms with Crippen LogP contribution < -0.4 is 14.5 Å². The molecule has 3 aliphatic heterocycles. The number of hydrogen-bond donors (Lipinski definition) is 0. The maximum Gasteiger partial charge on any atom is 0.325 e. The quantitative estimate of drug-likeness (QED) is 0.771. The van der Waals surface area contributed by atoms with Crippen molar-refractivity contribution in [2.24, 2.45) is 5.41 Å². The Morgan fingerprint density at radius 1 is 1.26 bits per heavy atom. The number of likely N-dealkylation sites (tertiary alicyclic amines) is 1. The number of nitrogens with zero attached hydrogens (tertiary/aromatic N) is 5. The number of fused-ring (bicyclic) bond motifs is 1. The SMILES string of the molecule is CC1COc2cc(F)ccc2N1C(=O)N1CC2(C1)CN(c1cccnn1)C2. The summed E-state index contributed by atoms with van der Waals surface area (Å²) in [7, 11) is 0. The largest absolute Gasteiger partial charge is 0.489 e. The van der Waals surface area contributed by atoms with E-state index >= 15 is 0 Å². The Morgan fingerprint density at radius 3 is 2.81 bits per heavy atom. The van der Waals surface area contributed by atoms with Crippen molar-refractivity contribution in [1.29, 1.82) is 0 Å². The number of aromatic nitrogens is 2. The van der Waals surface area contributed by atoms with Crippen LogP contribution in [0, 0.1) is 11.2 Å². The molecule has 1 unspecified atom stereocenters. The van der Waals surface area contributed by atoms with E-state index in [0.717, 1.165) is 32.0 Å². The smallest absolute Gasteiger partial charge is 0.325 e. The van der Waals surface area contributed by atoms with Crippen LogP contribution in [0.1, 0.15) is 6.92 Å². The molecular formula is C19H20FN5O2. The summed E-state index contributed by atoms with van der Waals surface area (Å²) in [5, 5.41) is 8.05. The van der Waals surface area contributed by atoms with E-state index in [1.165, 1.54) is 12.1 Å². The molecule has 1 atom stereocenters. The topological polar surface area (TPSA) is 61.8 Å². The van der Waals surface area contributed by atoms with Crippen LogP contribution >= 0.6 is 0 Å². The molecule has 4 heterocycles. The van der Waals surface area contributed by atoms with Crippen molar-refractivity contribution in [1.82, 2.24) is 15.1 Å². The Kier molecular flexibility index (Phi) is 3.50. The molecule has 0 aliphatic carbocycles. The van der Waals surface area contributed by atoms with Gasteiger partial charge in [0.1, 0.15) is 18.2 Å². The van der Waals surface area contributed by atoms with E-state index in [9.17, 15) is 9.18 Å². The van der Waals surface area contributed by atoms with Gasteiger partial charge in [-0.15, -0.1) is 5.10 Å². The van der Waals surface area contributed by atoms with Gasteiger partial charge in [0.05, 0.1) is 11.7 Å². The molecule has 140 valence electrons. The lowest BCUT2D eigenvalue weighted by Crippen LogP contribution is -2.74. The zero-order valence-electron chi connectivity index (χ0n) is 15.0. The molecule has 0 saturated carbocycles. The number of carbonyl (C=O) groups excluding carboxylic acids is 1. The van der Waals surface area contributed by atoms with E-state index in [1.54, 1.807) is 17.2 Å². The summed E-state index contributed by atoms with van der Waals surface area (Å²) in [4.78, 5) is 18.9. The lowest BCUT2D eigenvalue weighted by atomic mass is 9.73. The third-order valence-corrected chi connectivity index (χ3v) is 5.57. The van der Waals surface area contributed by atoms with Crippen LogP contribution in [0.4, 0.5) is 20.7 Å². The zero-order chi connectivity index (χ0) is 18.6. The second kappa shape index (κ2) is 5.80. The second-order valence-corrected chi connectivity index (χ2v) is 7.72. The van der Waals surface area contributed by atoms with Gasteiger partial charge in [-0.3, -0.25) is 4.90 Å². The molecule has 7 nitrogen and oxygen atoms in total. The molecule has 5 rings (SSSR count). The predicted octanol–water partition coefficient (Wildman–Crippen LogP) is 2.15. The van der Waals surface area contributed by atoms with E-state index in [1.807, 2.05) is 24.0 Å². The molecule has 1 aromatic carbocycles. The molecule has 0 radical (unpaired) electrons. The molecule has 2 fully saturated rings. The Bertz CT molecular complexity index is 879. The maximum absolute atomic E-state index is 13.5. The van der Waals surface area contributed by atoms with Crippen LogP contribution in [0.3, 0.4) is 0 Å². The molecular weight excluding hydrogens is 349 g/mol. The summed E-state index contributed by atoms with van der Waals surface area (Å²) in [6.45, 7) is 5.53. The molecule has 2 aromatic rings. The minimum Gasteiger partial charge on any atom is -0.489 e. The molecule has 2 amide bonds. The molecule has 0 bridgehead atoms. The van der Waals surface area contributed by atoms with E-state index < -0.39 is 0 Å². The van der Waals surface area contributed by atoms with Crippen molar-refractivity contribution in [3.63, 3.8) is 0 Å². The summed E-state index contributed by atoms with van der Waals surface area (Å²) in [6, 6.07) is 8.02. The lowest BCUT2D eigenvalue weighted by Gasteiger charge is -2.61. The third-order valence-electron chi connectivity index (χ3n) is 5.57. The highest BCUT2D eigenvalue weighted by atomic mass is 19.1. The van der Waals surface area contributed by atoms with Gasteiger partial charge >= 0.3 is 6.03 Å². The van der Waals surface area contributed by atoms with Gasteiger partial charge in [-0.2, -0.15) is 5.10 Å². The number of amides is 2. The monoisotopic (exact) mass is 369 g/mol. The lowest BCUT2D eigenvalue weighted by molar-refractivity contribution is 0.00849. The number of carbonyl (C=O) groups is 1. The Morgan fingerprint density at radius 2 is 2.07 bits per heavy atom. The average Bonchev–Trinajstić information content (AvgIpc) is 2.60. The van der Waals surface area contributed by atoms with Crippen LogP contribution in [-0.2, 0) is 0 Å². The van der Waals surface area contributed by atoms with Crippen molar-refractivity contribution in [3.8, 4) is 5.75 Å². The highest BCUT2D eigenvalue weighted by Gasteiger charge is 2.54. The van der Waals surface area contributed by atoms with Crippen LogP contribution in [0.5, 0.6) is 5.75 Å². The fourth-order valence-electron chi connectivity index (χ4n) is 4.26. The summed E-state index contributed by atoms with van der Waals surface area (Å²) in [6.07, 6.45) is 1.66. The molecule has 3 aliphatic rings. The van der Waals surface area contributed by atoms with Gasteiger partial charge in [0.25, 0.3) is 0 Å². The number of benzene rings is 1. The summed E-state index contributed by atoms with van der Waals surface area (Å²) < 4.78 is 19.1. The van der Waals surface area contributed by atoms with E-state index in [0.29, 0.717) is 18.0 Å². The third kappa shape index (κ3) is 2.58. The van der Waals surface area contributed by atoms with Crippen LogP contribution in [-0.4, -0.2) is 60.0 Å². The van der Waals surface area contributed by atoms with Crippen molar-refractivity contribution < 1.29 is 13.9 Å². The van der Waals surface area contributed by atoms with Crippen molar-refractivity contribution in [2.75, 3.05) is 42.6 Å². The first-order valence-corrected chi connectivity index (χ1v) is 9.08. The molecule has 0 N–H and O–H groups in total. The molecule has 2 saturated heterocycles. The molecule has 1 spiro atoms. The maximum atomic E-state index is 13.5. The van der Waals surface area contributed by atoms with Crippen molar-refractivity contribution in [3.05, 3.63) is 42.3 Å². The number of urea groups is 1. The summed E-state index contributed by atoms with van der Waals surface area (Å²) in [5.41, 5.74) is 0.782. The number of halogens is 1. The van der Waals surface area contributed by atoms with Gasteiger partial charge < -0.3 is 14.5 Å². The van der Waals surface area contributed by atoms with Gasteiger partial charge in [-0.25, -0.2) is 9.18 Å². The van der Waals surface area contributed by atoms with Crippen molar-refractivity contribution in [2.45, 2.75) is 13.0 Å². The number of hydrogen-bond acceptors (Lipinski definition) is 5. The standard InChI is InChI=1S/C19H20FN5O2/c1-13-8-27-16-7-14(20)4-5-15(16)25(13)18(26)24-11-19(12-24)9-23(10-19)17-3-2-6-21-22-17/h2-7,13H,8-12H2,1H3. The van der Waals surface area contributed by atoms with Gasteiger partial charge in [0.2, 0.25) is 0 Å². The molecule has 8 heteroatoms. The van der Waals surface area contributed by atoms with E-state index in [-0.39, 0.29) is 23.3 Å². The normalized spacial score (nSPS) is 22.6. The first-order chi connectivity index (χ1) is 13.0. The van der Waals surface area contributed by atoms with E-state index in [2.05, 4.69) is 15.1 Å². The van der Waals surface area contributed by atoms with Gasteiger partial charge in [0, 0.05) is 43.9 Å². The first-order valence-electron chi connectivity index (χ1n) is 9.08. The fourth-order valence-corrected chi connectivity index (χ4v) is 4.26. The minimum atomic E-state index is -0.364. The predicted molar refractivity (Wildman–Crippen MR) is 97.5 cm³/mol. The highest BCUT2D eigenvalue weighted by Crippen LogP contribution is 2.43. The summed E-state index contributed by atoms with van der Waals surface area (Å²) >= 11 is 0. The van der Waals surface area contributed by atoms with Crippen LogP contribution in [0.25, 0.3) is 0 Å². The summed E-state index contributed by atoms with van der Waals surface area (Å²) in [5.74, 6) is 0.942. The van der Waals surface area contributed by atoms with Gasteiger partial charge in [0.15, 0.2) is 5.82 Å². The van der Waals surface area contributed by atoms with Crippen LogP contribution in [0.2, 0.25) is 0 Å². The highest BCUT2D eigenvalue weighted by molar-refractivity contribution is 5.95. The Hall–Kier alpha value is -2.90. The van der Waals surface area contributed by atoms with Gasteiger partial charge in [-0.05, 0) is 31.2 Å². The molecule has 27 heavy (non-hydrogen) atoms. The minimum absolute atomic E-state index is 0.0396. The first kappa shape index (κ1) is 16.3. The van der Waals surface area contributed by atoms with Crippen molar-refractivity contribution >= 4 is 17.5 Å². The number of rotatable bonds is 1. The number of anilines is 2. The fraction of sp³-hybridized carbons (Fsp3) is 0.421. The zero-order valence-corrected chi connectivity index (χ0v) is 15.0. The average molecular weight is 369 g/mol. The van der Waals surface area contributed by atoms with E-state index in [4.69, 9.17) is 4.74 Å². The Balaban J connectivity index is 1.26. The van der Waals surface area contributed by atoms with Crippen LogP contribution in [0.15, 0.2) is 36.5 Å². The van der Waals surface area contributed by atoms with Gasteiger partial charge in [-0.1, -0.05) is 0 Å². The molecule has 1 aromatic heterocycles. The number of ether oxygens (including phenoxy) is 1. The second-order valence-electron chi connectivity index (χ2n) is 7.72.